The van der Waals surface area contributed by atoms with Crippen LogP contribution in [0, 0.1) is 0 Å². The zero-order valence-electron chi connectivity index (χ0n) is 9.79. The summed E-state index contributed by atoms with van der Waals surface area (Å²) in [5, 5.41) is 3.80. The normalized spacial score (nSPS) is 18.3. The van der Waals surface area contributed by atoms with Gasteiger partial charge in [0.25, 0.3) is 5.91 Å². The van der Waals surface area contributed by atoms with Crippen molar-refractivity contribution >= 4 is 37.8 Å². The minimum atomic E-state index is -0.230. The average molecular weight is 378 g/mol. The number of aromatic nitrogens is 1. The highest BCUT2D eigenvalue weighted by molar-refractivity contribution is 9.10. The zero-order valence-corrected chi connectivity index (χ0v) is 13.0. The Labute approximate surface area is 123 Å². The molecule has 0 atom stereocenters. The first-order valence-electron chi connectivity index (χ1n) is 5.74. The van der Waals surface area contributed by atoms with E-state index in [1.54, 1.807) is 12.3 Å². The number of nitrogens with one attached hydrogen (secondary N) is 1. The maximum atomic E-state index is 12.2. The van der Waals surface area contributed by atoms with Gasteiger partial charge in [-0.25, -0.2) is 4.98 Å². The molecule has 1 N–H and O–H groups in total. The molecular formula is C12H14Br2N2O2. The first-order valence-corrected chi connectivity index (χ1v) is 7.65. The van der Waals surface area contributed by atoms with Crippen molar-refractivity contribution in [2.24, 2.45) is 0 Å². The molecule has 1 aliphatic rings. The number of ether oxygens (including phenoxy) is 1. The van der Waals surface area contributed by atoms with Gasteiger partial charge in [-0.2, -0.15) is 0 Å². The van der Waals surface area contributed by atoms with Gasteiger partial charge in [0.15, 0.2) is 0 Å². The summed E-state index contributed by atoms with van der Waals surface area (Å²) in [5.74, 6) is -0.149. The van der Waals surface area contributed by atoms with Gasteiger partial charge in [0.2, 0.25) is 0 Å². The number of hydrogen-bond donors (Lipinski definition) is 1. The summed E-state index contributed by atoms with van der Waals surface area (Å²) < 4.78 is 6.05. The van der Waals surface area contributed by atoms with E-state index in [1.165, 1.54) is 0 Å². The minimum absolute atomic E-state index is 0.149. The Hall–Kier alpha value is -0.460. The highest BCUT2D eigenvalue weighted by atomic mass is 79.9. The molecule has 0 saturated carbocycles. The largest absolute Gasteiger partial charge is 0.381 e. The van der Waals surface area contributed by atoms with Gasteiger partial charge in [0, 0.05) is 29.2 Å². The van der Waals surface area contributed by atoms with Crippen LogP contribution >= 0.6 is 31.9 Å². The topological polar surface area (TPSA) is 51.2 Å². The molecule has 18 heavy (non-hydrogen) atoms. The third-order valence-corrected chi connectivity index (χ3v) is 4.77. The number of rotatable bonds is 3. The van der Waals surface area contributed by atoms with E-state index in [-0.39, 0.29) is 11.4 Å². The molecule has 2 rings (SSSR count). The first-order chi connectivity index (χ1) is 8.67. The molecule has 1 fully saturated rings. The van der Waals surface area contributed by atoms with Gasteiger partial charge >= 0.3 is 0 Å². The summed E-state index contributed by atoms with van der Waals surface area (Å²) >= 11 is 6.83. The van der Waals surface area contributed by atoms with Crippen LogP contribution in [0.15, 0.2) is 22.8 Å². The van der Waals surface area contributed by atoms with Crippen molar-refractivity contribution in [3.63, 3.8) is 0 Å². The lowest BCUT2D eigenvalue weighted by molar-refractivity contribution is 0.0440. The molecule has 98 valence electrons. The molecule has 6 heteroatoms. The summed E-state index contributed by atoms with van der Waals surface area (Å²) in [6.07, 6.45) is 3.24. The van der Waals surface area contributed by atoms with E-state index in [0.717, 1.165) is 18.2 Å². The summed E-state index contributed by atoms with van der Waals surface area (Å²) in [6.45, 7) is 1.35. The lowest BCUT2D eigenvalue weighted by Gasteiger charge is -2.36. The number of carbonyl (C=O) groups excluding carboxylic acids is 1. The third-order valence-electron chi connectivity index (χ3n) is 3.06. The van der Waals surface area contributed by atoms with Crippen molar-refractivity contribution in [1.29, 1.82) is 0 Å². The lowest BCUT2D eigenvalue weighted by atomic mass is 9.92. The Balaban J connectivity index is 2.13. The van der Waals surface area contributed by atoms with Gasteiger partial charge in [0.05, 0.1) is 5.54 Å². The Kier molecular flexibility index (Phi) is 4.75. The number of nitrogens with zero attached hydrogens (tertiary/aromatic N) is 1. The molecule has 1 amide bonds. The summed E-state index contributed by atoms with van der Waals surface area (Å²) in [5.41, 5.74) is 0.191. The van der Waals surface area contributed by atoms with E-state index in [9.17, 15) is 4.79 Å². The van der Waals surface area contributed by atoms with Gasteiger partial charge in [-0.3, -0.25) is 4.79 Å². The van der Waals surface area contributed by atoms with E-state index in [0.29, 0.717) is 23.4 Å². The zero-order chi connectivity index (χ0) is 13.0. The van der Waals surface area contributed by atoms with Crippen molar-refractivity contribution in [3.05, 3.63) is 28.5 Å². The number of carbonyl (C=O) groups is 1. The number of alkyl halides is 1. The van der Waals surface area contributed by atoms with Crippen LogP contribution in [0.4, 0.5) is 0 Å². The second-order valence-electron chi connectivity index (χ2n) is 4.31. The van der Waals surface area contributed by atoms with Gasteiger partial charge in [-0.1, -0.05) is 15.9 Å². The highest BCUT2D eigenvalue weighted by Gasteiger charge is 2.33. The first kappa shape index (κ1) is 14.0. The van der Waals surface area contributed by atoms with Gasteiger partial charge in [-0.05, 0) is 40.9 Å². The third kappa shape index (κ3) is 3.10. The van der Waals surface area contributed by atoms with Crippen LogP contribution in [0.3, 0.4) is 0 Å². The van der Waals surface area contributed by atoms with Crippen LogP contribution in [0.25, 0.3) is 0 Å². The SMILES string of the molecule is O=C(NC1(CBr)CCOCC1)c1ncccc1Br. The minimum Gasteiger partial charge on any atom is -0.381 e. The van der Waals surface area contributed by atoms with Gasteiger partial charge < -0.3 is 10.1 Å². The summed E-state index contributed by atoms with van der Waals surface area (Å²) in [4.78, 5) is 16.3. The second kappa shape index (κ2) is 6.12. The lowest BCUT2D eigenvalue weighted by Crippen LogP contribution is -2.53. The molecule has 1 saturated heterocycles. The smallest absolute Gasteiger partial charge is 0.271 e. The van der Waals surface area contributed by atoms with Gasteiger partial charge in [-0.15, -0.1) is 0 Å². The molecule has 0 aliphatic carbocycles. The fourth-order valence-corrected chi connectivity index (χ4v) is 3.04. The molecule has 1 aromatic rings. The van der Waals surface area contributed by atoms with Crippen LogP contribution in [-0.4, -0.2) is 35.0 Å². The molecule has 1 aromatic heterocycles. The van der Waals surface area contributed by atoms with Crippen molar-refractivity contribution in [2.45, 2.75) is 18.4 Å². The van der Waals surface area contributed by atoms with Crippen LogP contribution in [-0.2, 0) is 4.74 Å². The summed E-state index contributed by atoms with van der Waals surface area (Å²) in [6, 6.07) is 3.60. The molecule has 0 radical (unpaired) electrons. The van der Waals surface area contributed by atoms with E-state index in [2.05, 4.69) is 42.2 Å². The van der Waals surface area contributed by atoms with Crippen molar-refractivity contribution in [2.75, 3.05) is 18.5 Å². The Morgan fingerprint density at radius 1 is 1.50 bits per heavy atom. The number of pyridine rings is 1. The highest BCUT2D eigenvalue weighted by Crippen LogP contribution is 2.24. The Morgan fingerprint density at radius 3 is 2.83 bits per heavy atom. The van der Waals surface area contributed by atoms with Crippen LogP contribution in [0.5, 0.6) is 0 Å². The van der Waals surface area contributed by atoms with E-state index in [4.69, 9.17) is 4.74 Å². The molecular weight excluding hydrogens is 364 g/mol. The van der Waals surface area contributed by atoms with E-state index >= 15 is 0 Å². The summed E-state index contributed by atoms with van der Waals surface area (Å²) in [7, 11) is 0. The molecule has 1 aliphatic heterocycles. The van der Waals surface area contributed by atoms with Crippen LogP contribution in [0.1, 0.15) is 23.3 Å². The monoisotopic (exact) mass is 376 g/mol. The number of halogens is 2. The number of amides is 1. The molecule has 0 aromatic carbocycles. The maximum absolute atomic E-state index is 12.2. The second-order valence-corrected chi connectivity index (χ2v) is 5.73. The fraction of sp³-hybridized carbons (Fsp3) is 0.500. The van der Waals surface area contributed by atoms with Gasteiger partial charge in [0.1, 0.15) is 5.69 Å². The molecule has 2 heterocycles. The fourth-order valence-electron chi connectivity index (χ4n) is 1.91. The maximum Gasteiger partial charge on any atom is 0.271 e. The molecule has 4 nitrogen and oxygen atoms in total. The van der Waals surface area contributed by atoms with Crippen molar-refractivity contribution in [3.8, 4) is 0 Å². The predicted octanol–water partition coefficient (Wildman–Crippen LogP) is 2.52. The Bertz CT molecular complexity index is 434. The molecule has 0 spiro atoms. The molecule has 0 bridgehead atoms. The van der Waals surface area contributed by atoms with E-state index in [1.807, 2.05) is 6.07 Å². The average Bonchev–Trinajstić information content (AvgIpc) is 2.40. The van der Waals surface area contributed by atoms with E-state index < -0.39 is 0 Å². The van der Waals surface area contributed by atoms with Crippen LogP contribution < -0.4 is 5.32 Å². The number of hydrogen-bond acceptors (Lipinski definition) is 3. The quantitative estimate of drug-likeness (QED) is 0.823. The predicted molar refractivity (Wildman–Crippen MR) is 76.0 cm³/mol. The van der Waals surface area contributed by atoms with Crippen molar-refractivity contribution in [1.82, 2.24) is 10.3 Å². The Morgan fingerprint density at radius 2 is 2.22 bits per heavy atom. The standard InChI is InChI=1S/C12H14Br2N2O2/c13-8-12(3-6-18-7-4-12)16-11(17)10-9(14)2-1-5-15-10/h1-2,5H,3-4,6-8H2,(H,16,17). The van der Waals surface area contributed by atoms with Crippen molar-refractivity contribution < 1.29 is 9.53 Å². The van der Waals surface area contributed by atoms with Crippen LogP contribution in [0.2, 0.25) is 0 Å². The molecule has 0 unspecified atom stereocenters.